The number of fused-ring (bicyclic) bond motifs is 1. The Labute approximate surface area is 152 Å². The highest BCUT2D eigenvalue weighted by Gasteiger charge is 2.32. The summed E-state index contributed by atoms with van der Waals surface area (Å²) in [4.78, 5) is 18.9. The third kappa shape index (κ3) is 3.43. The second-order valence-electron chi connectivity index (χ2n) is 6.44. The molecule has 0 radical (unpaired) electrons. The number of hydrogen-bond acceptors (Lipinski definition) is 5. The van der Waals surface area contributed by atoms with E-state index in [2.05, 4.69) is 20.5 Å². The SMILES string of the molecule is CC1Oc2ccccc2C1NC(=O)Nc1ccc(N2CCOCC2)cn1. The topological polar surface area (TPSA) is 75.7 Å². The van der Waals surface area contributed by atoms with E-state index in [9.17, 15) is 4.79 Å². The van der Waals surface area contributed by atoms with Gasteiger partial charge in [0.25, 0.3) is 0 Å². The van der Waals surface area contributed by atoms with Crippen LogP contribution in [0.2, 0.25) is 0 Å². The number of pyridine rings is 1. The van der Waals surface area contributed by atoms with Crippen LogP contribution >= 0.6 is 0 Å². The summed E-state index contributed by atoms with van der Waals surface area (Å²) in [5, 5.41) is 5.76. The maximum atomic E-state index is 12.4. The second-order valence-corrected chi connectivity index (χ2v) is 6.44. The van der Waals surface area contributed by atoms with E-state index in [4.69, 9.17) is 9.47 Å². The molecule has 3 heterocycles. The van der Waals surface area contributed by atoms with Crippen molar-refractivity contribution in [1.82, 2.24) is 10.3 Å². The van der Waals surface area contributed by atoms with Crippen LogP contribution in [0, 0.1) is 0 Å². The van der Waals surface area contributed by atoms with Crippen LogP contribution < -0.4 is 20.3 Å². The maximum absolute atomic E-state index is 12.4. The van der Waals surface area contributed by atoms with Crippen LogP contribution in [0.1, 0.15) is 18.5 Å². The third-order valence-corrected chi connectivity index (χ3v) is 4.69. The van der Waals surface area contributed by atoms with Gasteiger partial charge < -0.3 is 19.7 Å². The van der Waals surface area contributed by atoms with Gasteiger partial charge in [0, 0.05) is 18.7 Å². The molecule has 0 aliphatic carbocycles. The summed E-state index contributed by atoms with van der Waals surface area (Å²) in [6.45, 7) is 5.11. The first-order valence-corrected chi connectivity index (χ1v) is 8.82. The average molecular weight is 354 g/mol. The zero-order valence-corrected chi connectivity index (χ0v) is 14.6. The molecule has 0 spiro atoms. The van der Waals surface area contributed by atoms with Crippen LogP contribution in [-0.2, 0) is 4.74 Å². The molecule has 7 heteroatoms. The zero-order chi connectivity index (χ0) is 17.9. The van der Waals surface area contributed by atoms with Gasteiger partial charge in [0.05, 0.1) is 31.1 Å². The van der Waals surface area contributed by atoms with Crippen LogP contribution in [0.5, 0.6) is 5.75 Å². The van der Waals surface area contributed by atoms with Crippen molar-refractivity contribution in [2.24, 2.45) is 0 Å². The van der Waals surface area contributed by atoms with Crippen molar-refractivity contribution in [3.63, 3.8) is 0 Å². The van der Waals surface area contributed by atoms with Crippen molar-refractivity contribution in [3.05, 3.63) is 48.2 Å². The van der Waals surface area contributed by atoms with E-state index in [1.165, 1.54) is 0 Å². The highest BCUT2D eigenvalue weighted by molar-refractivity contribution is 5.88. The van der Waals surface area contributed by atoms with E-state index < -0.39 is 0 Å². The molecular weight excluding hydrogens is 332 g/mol. The Morgan fingerprint density at radius 2 is 2.00 bits per heavy atom. The van der Waals surface area contributed by atoms with Gasteiger partial charge in [0.15, 0.2) is 0 Å². The number of carbonyl (C=O) groups excluding carboxylic acids is 1. The molecule has 26 heavy (non-hydrogen) atoms. The molecule has 1 saturated heterocycles. The number of ether oxygens (including phenoxy) is 2. The van der Waals surface area contributed by atoms with Crippen molar-refractivity contribution in [2.45, 2.75) is 19.1 Å². The number of nitrogens with one attached hydrogen (secondary N) is 2. The molecule has 2 N–H and O–H groups in total. The van der Waals surface area contributed by atoms with Gasteiger partial charge in [0.2, 0.25) is 0 Å². The largest absolute Gasteiger partial charge is 0.488 e. The molecule has 1 fully saturated rings. The van der Waals surface area contributed by atoms with Crippen LogP contribution in [0.3, 0.4) is 0 Å². The number of carbonyl (C=O) groups is 1. The molecule has 2 aromatic rings. The van der Waals surface area contributed by atoms with Crippen molar-refractivity contribution >= 4 is 17.5 Å². The number of aromatic nitrogens is 1. The Bertz CT molecular complexity index is 775. The lowest BCUT2D eigenvalue weighted by Gasteiger charge is -2.28. The lowest BCUT2D eigenvalue weighted by Crippen LogP contribution is -2.37. The van der Waals surface area contributed by atoms with E-state index in [1.807, 2.05) is 43.3 Å². The molecule has 2 unspecified atom stereocenters. The van der Waals surface area contributed by atoms with Crippen molar-refractivity contribution in [2.75, 3.05) is 36.5 Å². The molecule has 0 bridgehead atoms. The lowest BCUT2D eigenvalue weighted by molar-refractivity contribution is 0.122. The van der Waals surface area contributed by atoms with E-state index in [1.54, 1.807) is 6.20 Å². The number of benzene rings is 1. The molecule has 2 aliphatic heterocycles. The monoisotopic (exact) mass is 354 g/mol. The number of hydrogen-bond donors (Lipinski definition) is 2. The minimum absolute atomic E-state index is 0.116. The minimum atomic E-state index is -0.297. The van der Waals surface area contributed by atoms with Crippen LogP contribution in [0.25, 0.3) is 0 Å². The molecular formula is C19H22N4O3. The summed E-state index contributed by atoms with van der Waals surface area (Å²) in [7, 11) is 0. The van der Waals surface area contributed by atoms with E-state index >= 15 is 0 Å². The molecule has 1 aromatic heterocycles. The van der Waals surface area contributed by atoms with Crippen LogP contribution in [-0.4, -0.2) is 43.4 Å². The zero-order valence-electron chi connectivity index (χ0n) is 14.6. The molecule has 0 saturated carbocycles. The first kappa shape index (κ1) is 16.7. The standard InChI is InChI=1S/C19H22N4O3/c1-13-18(15-4-2-3-5-16(15)26-13)22-19(24)21-17-7-6-14(12-20-17)23-8-10-25-11-9-23/h2-7,12-13,18H,8-11H2,1H3,(H2,20,21,22,24). The van der Waals surface area contributed by atoms with Gasteiger partial charge in [-0.1, -0.05) is 18.2 Å². The summed E-state index contributed by atoms with van der Waals surface area (Å²) in [5.41, 5.74) is 2.02. The van der Waals surface area contributed by atoms with Crippen molar-refractivity contribution < 1.29 is 14.3 Å². The summed E-state index contributed by atoms with van der Waals surface area (Å²) in [6, 6.07) is 11.0. The Hall–Kier alpha value is -2.80. The lowest BCUT2D eigenvalue weighted by atomic mass is 10.1. The van der Waals surface area contributed by atoms with Gasteiger partial charge in [-0.2, -0.15) is 0 Å². The van der Waals surface area contributed by atoms with Gasteiger partial charge in [-0.25, -0.2) is 9.78 Å². The van der Waals surface area contributed by atoms with E-state index in [-0.39, 0.29) is 18.2 Å². The molecule has 2 amide bonds. The number of para-hydroxylation sites is 1. The Balaban J connectivity index is 1.37. The average Bonchev–Trinajstić information content (AvgIpc) is 2.98. The molecule has 2 aliphatic rings. The highest BCUT2D eigenvalue weighted by atomic mass is 16.5. The molecule has 4 rings (SSSR count). The quantitative estimate of drug-likeness (QED) is 0.886. The van der Waals surface area contributed by atoms with Gasteiger partial charge in [-0.15, -0.1) is 0 Å². The van der Waals surface area contributed by atoms with Crippen molar-refractivity contribution in [1.29, 1.82) is 0 Å². The fourth-order valence-electron chi connectivity index (χ4n) is 3.32. The summed E-state index contributed by atoms with van der Waals surface area (Å²) < 4.78 is 11.1. The highest BCUT2D eigenvalue weighted by Crippen LogP contribution is 2.36. The number of urea groups is 1. The number of morpholine rings is 1. The predicted molar refractivity (Wildman–Crippen MR) is 98.7 cm³/mol. The summed E-state index contributed by atoms with van der Waals surface area (Å²) in [6.07, 6.45) is 1.66. The molecule has 136 valence electrons. The fraction of sp³-hybridized carbons (Fsp3) is 0.368. The molecule has 7 nitrogen and oxygen atoms in total. The van der Waals surface area contributed by atoms with E-state index in [0.717, 1.165) is 43.3 Å². The second kappa shape index (κ2) is 7.21. The Morgan fingerprint density at radius 1 is 1.19 bits per heavy atom. The van der Waals surface area contributed by atoms with Crippen LogP contribution in [0.4, 0.5) is 16.3 Å². The first-order valence-electron chi connectivity index (χ1n) is 8.82. The van der Waals surface area contributed by atoms with E-state index in [0.29, 0.717) is 5.82 Å². The Kier molecular flexibility index (Phi) is 4.62. The normalized spacial score (nSPS) is 21.7. The summed E-state index contributed by atoms with van der Waals surface area (Å²) in [5.74, 6) is 1.33. The number of amides is 2. The van der Waals surface area contributed by atoms with Gasteiger partial charge in [0.1, 0.15) is 17.7 Å². The van der Waals surface area contributed by atoms with Crippen molar-refractivity contribution in [3.8, 4) is 5.75 Å². The fourth-order valence-corrected chi connectivity index (χ4v) is 3.32. The minimum Gasteiger partial charge on any atom is -0.488 e. The molecule has 1 aromatic carbocycles. The number of nitrogens with zero attached hydrogens (tertiary/aromatic N) is 2. The predicted octanol–water partition coefficient (Wildman–Crippen LogP) is 2.56. The number of rotatable bonds is 3. The van der Waals surface area contributed by atoms with Crippen LogP contribution in [0.15, 0.2) is 42.6 Å². The van der Waals surface area contributed by atoms with Gasteiger partial charge in [-0.3, -0.25) is 5.32 Å². The summed E-state index contributed by atoms with van der Waals surface area (Å²) >= 11 is 0. The smallest absolute Gasteiger partial charge is 0.321 e. The van der Waals surface area contributed by atoms with Gasteiger partial charge in [-0.05, 0) is 25.1 Å². The van der Waals surface area contributed by atoms with Gasteiger partial charge >= 0.3 is 6.03 Å². The Morgan fingerprint density at radius 3 is 2.77 bits per heavy atom. The first-order chi connectivity index (χ1) is 12.7. The third-order valence-electron chi connectivity index (χ3n) is 4.69. The maximum Gasteiger partial charge on any atom is 0.321 e. The number of anilines is 2. The molecule has 2 atom stereocenters.